The molecule has 3 amide bonds. The third-order valence-electron chi connectivity index (χ3n) is 3.90. The third-order valence-corrected chi connectivity index (χ3v) is 3.90. The summed E-state index contributed by atoms with van der Waals surface area (Å²) in [4.78, 5) is 47.4. The Bertz CT molecular complexity index is 719. The first-order valence-electron chi connectivity index (χ1n) is 8.68. The summed E-state index contributed by atoms with van der Waals surface area (Å²) in [6, 6.07) is 2.09. The fourth-order valence-corrected chi connectivity index (χ4v) is 2.16. The second-order valence-corrected chi connectivity index (χ2v) is 6.52. The Kier molecular flexibility index (Phi) is 8.39. The summed E-state index contributed by atoms with van der Waals surface area (Å²) in [5.74, 6) is -3.00. The highest BCUT2D eigenvalue weighted by Crippen LogP contribution is 2.11. The topological polar surface area (TPSA) is 171 Å². The van der Waals surface area contributed by atoms with Gasteiger partial charge in [0.1, 0.15) is 23.9 Å². The first-order chi connectivity index (χ1) is 13.0. The molecule has 1 aromatic carbocycles. The molecule has 0 bridgehead atoms. The van der Waals surface area contributed by atoms with Crippen molar-refractivity contribution in [2.75, 3.05) is 0 Å². The maximum atomic E-state index is 12.6. The number of nitrogens with two attached hydrogens (primary N) is 1. The Morgan fingerprint density at radius 2 is 1.43 bits per heavy atom. The van der Waals surface area contributed by atoms with Gasteiger partial charge in [-0.15, -0.1) is 0 Å². The molecule has 0 spiro atoms. The molecule has 0 aromatic heterocycles. The average Bonchev–Trinajstić information content (AvgIpc) is 2.62. The SMILES string of the molecule is C[C@H](N)C(=O)N[C@@H](Cc1ccc(O)cc1)C(=O)N[C@@H](C)C(=O)N[C@@H](C)C(=O)O. The van der Waals surface area contributed by atoms with Crippen molar-refractivity contribution >= 4 is 23.7 Å². The molecule has 4 atom stereocenters. The lowest BCUT2D eigenvalue weighted by Gasteiger charge is -2.22. The van der Waals surface area contributed by atoms with E-state index in [-0.39, 0.29) is 12.2 Å². The largest absolute Gasteiger partial charge is 0.508 e. The molecule has 10 nitrogen and oxygen atoms in total. The molecule has 154 valence electrons. The van der Waals surface area contributed by atoms with Gasteiger partial charge in [0.05, 0.1) is 6.04 Å². The Morgan fingerprint density at radius 1 is 0.893 bits per heavy atom. The highest BCUT2D eigenvalue weighted by atomic mass is 16.4. The van der Waals surface area contributed by atoms with Gasteiger partial charge < -0.3 is 31.9 Å². The lowest BCUT2D eigenvalue weighted by molar-refractivity contribution is -0.141. The molecule has 0 saturated carbocycles. The van der Waals surface area contributed by atoms with E-state index >= 15 is 0 Å². The second kappa shape index (κ2) is 10.3. The molecule has 0 saturated heterocycles. The van der Waals surface area contributed by atoms with Crippen molar-refractivity contribution in [3.05, 3.63) is 29.8 Å². The lowest BCUT2D eigenvalue weighted by atomic mass is 10.0. The van der Waals surface area contributed by atoms with Crippen molar-refractivity contribution < 1.29 is 29.4 Å². The number of hydrogen-bond acceptors (Lipinski definition) is 6. The van der Waals surface area contributed by atoms with Crippen molar-refractivity contribution in [3.8, 4) is 5.75 Å². The van der Waals surface area contributed by atoms with Gasteiger partial charge in [-0.2, -0.15) is 0 Å². The summed E-state index contributed by atoms with van der Waals surface area (Å²) in [6.07, 6.45) is 0.102. The van der Waals surface area contributed by atoms with Crippen molar-refractivity contribution in [3.63, 3.8) is 0 Å². The van der Waals surface area contributed by atoms with E-state index in [1.165, 1.54) is 32.9 Å². The van der Waals surface area contributed by atoms with E-state index in [1.807, 2.05) is 0 Å². The molecule has 10 heteroatoms. The highest BCUT2D eigenvalue weighted by molar-refractivity contribution is 5.93. The van der Waals surface area contributed by atoms with Crippen LogP contribution in [0.15, 0.2) is 24.3 Å². The third kappa shape index (κ3) is 7.23. The van der Waals surface area contributed by atoms with E-state index in [9.17, 15) is 24.3 Å². The molecule has 1 aromatic rings. The minimum absolute atomic E-state index is 0.0576. The van der Waals surface area contributed by atoms with Crippen molar-refractivity contribution in [2.24, 2.45) is 5.73 Å². The number of carboxylic acids is 1. The van der Waals surface area contributed by atoms with Crippen LogP contribution in [-0.2, 0) is 25.6 Å². The van der Waals surface area contributed by atoms with E-state index in [2.05, 4.69) is 16.0 Å². The van der Waals surface area contributed by atoms with Crippen molar-refractivity contribution in [1.82, 2.24) is 16.0 Å². The van der Waals surface area contributed by atoms with Gasteiger partial charge in [-0.1, -0.05) is 12.1 Å². The van der Waals surface area contributed by atoms with E-state index in [0.29, 0.717) is 5.56 Å². The van der Waals surface area contributed by atoms with Gasteiger partial charge in [-0.05, 0) is 38.5 Å². The molecule has 7 N–H and O–H groups in total. The standard InChI is InChI=1S/C18H26N4O6/c1-9(19)15(24)22-14(8-12-4-6-13(23)7-5-12)17(26)20-10(2)16(25)21-11(3)18(27)28/h4-7,9-11,14,23H,8,19H2,1-3H3,(H,20,26)(H,21,25)(H,22,24)(H,27,28)/t9-,10-,11-,14-/m0/s1. The number of aromatic hydroxyl groups is 1. The molecule has 0 aliphatic carbocycles. The van der Waals surface area contributed by atoms with Gasteiger partial charge >= 0.3 is 5.97 Å². The van der Waals surface area contributed by atoms with Crippen LogP contribution >= 0.6 is 0 Å². The summed E-state index contributed by atoms with van der Waals surface area (Å²) in [5.41, 5.74) is 6.20. The molecule has 0 aliphatic rings. The molecule has 0 unspecified atom stereocenters. The zero-order valence-corrected chi connectivity index (χ0v) is 15.9. The number of carbonyl (C=O) groups is 4. The molecule has 28 heavy (non-hydrogen) atoms. The fourth-order valence-electron chi connectivity index (χ4n) is 2.16. The molecular formula is C18H26N4O6. The Morgan fingerprint density at radius 3 is 1.93 bits per heavy atom. The normalized spacial score (nSPS) is 14.9. The number of carbonyl (C=O) groups excluding carboxylic acids is 3. The average molecular weight is 394 g/mol. The molecule has 1 rings (SSSR count). The number of nitrogens with one attached hydrogen (secondary N) is 3. The Balaban J connectivity index is 2.85. The van der Waals surface area contributed by atoms with Crippen molar-refractivity contribution in [2.45, 2.75) is 51.4 Å². The minimum atomic E-state index is -1.21. The van der Waals surface area contributed by atoms with Crippen LogP contribution in [0.2, 0.25) is 0 Å². The smallest absolute Gasteiger partial charge is 0.325 e. The van der Waals surface area contributed by atoms with Crippen LogP contribution in [0.3, 0.4) is 0 Å². The number of carboxylic acid groups (broad SMARTS) is 1. The van der Waals surface area contributed by atoms with Gasteiger partial charge in [0.15, 0.2) is 0 Å². The fraction of sp³-hybridized carbons (Fsp3) is 0.444. The predicted octanol–water partition coefficient (Wildman–Crippen LogP) is -1.14. The molecule has 0 heterocycles. The van der Waals surface area contributed by atoms with Crippen LogP contribution in [0.1, 0.15) is 26.3 Å². The van der Waals surface area contributed by atoms with Crippen molar-refractivity contribution in [1.29, 1.82) is 0 Å². The molecule has 0 aliphatic heterocycles. The van der Waals surface area contributed by atoms with Crippen LogP contribution in [0.4, 0.5) is 0 Å². The zero-order valence-electron chi connectivity index (χ0n) is 15.9. The summed E-state index contributed by atoms with van der Waals surface area (Å²) >= 11 is 0. The van der Waals surface area contributed by atoms with E-state index < -0.39 is 47.9 Å². The molecular weight excluding hydrogens is 368 g/mol. The maximum absolute atomic E-state index is 12.6. The van der Waals surface area contributed by atoms with Gasteiger partial charge in [0, 0.05) is 6.42 Å². The number of amides is 3. The molecule has 0 fully saturated rings. The summed E-state index contributed by atoms with van der Waals surface area (Å²) in [5, 5.41) is 25.4. The minimum Gasteiger partial charge on any atom is -0.508 e. The quantitative estimate of drug-likeness (QED) is 0.307. The maximum Gasteiger partial charge on any atom is 0.325 e. The van der Waals surface area contributed by atoms with Crippen LogP contribution in [0.25, 0.3) is 0 Å². The number of hydrogen-bond donors (Lipinski definition) is 6. The van der Waals surface area contributed by atoms with Crippen LogP contribution < -0.4 is 21.7 Å². The monoisotopic (exact) mass is 394 g/mol. The summed E-state index contributed by atoms with van der Waals surface area (Å²) in [6.45, 7) is 4.16. The Hall–Kier alpha value is -3.14. The Labute approximate surface area is 162 Å². The number of benzene rings is 1. The molecule has 0 radical (unpaired) electrons. The van der Waals surface area contributed by atoms with Gasteiger partial charge in [-0.25, -0.2) is 0 Å². The number of phenolic OH excluding ortho intramolecular Hbond substituents is 1. The zero-order chi connectivity index (χ0) is 21.4. The van der Waals surface area contributed by atoms with E-state index in [1.54, 1.807) is 12.1 Å². The van der Waals surface area contributed by atoms with E-state index in [0.717, 1.165) is 0 Å². The summed E-state index contributed by atoms with van der Waals surface area (Å²) < 4.78 is 0. The number of rotatable bonds is 9. The van der Waals surface area contributed by atoms with Gasteiger partial charge in [0.2, 0.25) is 17.7 Å². The van der Waals surface area contributed by atoms with Crippen LogP contribution in [0, 0.1) is 0 Å². The predicted molar refractivity (Wildman–Crippen MR) is 100 cm³/mol. The first-order valence-corrected chi connectivity index (χ1v) is 8.68. The number of phenols is 1. The summed E-state index contributed by atoms with van der Waals surface area (Å²) in [7, 11) is 0. The lowest BCUT2D eigenvalue weighted by Crippen LogP contribution is -2.56. The highest BCUT2D eigenvalue weighted by Gasteiger charge is 2.26. The van der Waals surface area contributed by atoms with E-state index in [4.69, 9.17) is 10.8 Å². The van der Waals surface area contributed by atoms with Gasteiger partial charge in [0.25, 0.3) is 0 Å². The van der Waals surface area contributed by atoms with Gasteiger partial charge in [-0.3, -0.25) is 19.2 Å². The van der Waals surface area contributed by atoms with Crippen LogP contribution in [-0.4, -0.2) is 58.1 Å². The number of aliphatic carboxylic acids is 1. The second-order valence-electron chi connectivity index (χ2n) is 6.52. The van der Waals surface area contributed by atoms with Crippen LogP contribution in [0.5, 0.6) is 5.75 Å². The first kappa shape index (κ1) is 22.9.